The Hall–Kier alpha value is -3.41. The number of para-hydroxylation sites is 1. The van der Waals surface area contributed by atoms with Crippen LogP contribution in [-0.4, -0.2) is 37.2 Å². The highest BCUT2D eigenvalue weighted by atomic mass is 31.2. The highest BCUT2D eigenvalue weighted by molar-refractivity contribution is 7.57. The number of benzene rings is 3. The summed E-state index contributed by atoms with van der Waals surface area (Å²) in [5.74, 6) is -0.346. The zero-order valence-electron chi connectivity index (χ0n) is 23.4. The first-order valence-corrected chi connectivity index (χ1v) is 15.2. The number of nitrogens with one attached hydrogen (secondary N) is 1. The van der Waals surface area contributed by atoms with Crippen molar-refractivity contribution >= 4 is 25.1 Å². The molecule has 0 heterocycles. The fourth-order valence-electron chi connectivity index (χ4n) is 4.43. The minimum Gasteiger partial charge on any atom is -0.467 e. The first-order chi connectivity index (χ1) is 18.7. The van der Waals surface area contributed by atoms with Crippen LogP contribution in [0.25, 0.3) is 11.1 Å². The molecule has 0 aliphatic carbocycles. The Morgan fingerprint density at radius 1 is 0.872 bits per heavy atom. The minimum atomic E-state index is -3.46. The van der Waals surface area contributed by atoms with Crippen molar-refractivity contribution in [2.45, 2.75) is 52.6 Å². The molecule has 0 bridgehead atoms. The van der Waals surface area contributed by atoms with Gasteiger partial charge in [0.2, 0.25) is 5.91 Å². The molecule has 1 amide bonds. The molecule has 3 aromatic carbocycles. The van der Waals surface area contributed by atoms with Gasteiger partial charge in [-0.15, -0.1) is 0 Å². The van der Waals surface area contributed by atoms with Gasteiger partial charge in [0.1, 0.15) is 11.8 Å². The van der Waals surface area contributed by atoms with Crippen LogP contribution in [0.4, 0.5) is 5.69 Å². The van der Waals surface area contributed by atoms with Gasteiger partial charge in [-0.1, -0.05) is 81.4 Å². The van der Waals surface area contributed by atoms with Crippen molar-refractivity contribution in [2.75, 3.05) is 18.2 Å². The number of anilines is 1. The number of hydrogen-bond acceptors (Lipinski definition) is 5. The molecular formula is C31H39N2O5P. The van der Waals surface area contributed by atoms with Crippen LogP contribution in [0.1, 0.15) is 40.5 Å². The van der Waals surface area contributed by atoms with Gasteiger partial charge in [-0.05, 0) is 61.1 Å². The van der Waals surface area contributed by atoms with Crippen LogP contribution >= 0.6 is 7.52 Å². The summed E-state index contributed by atoms with van der Waals surface area (Å²) < 4.78 is 25.0. The van der Waals surface area contributed by atoms with Gasteiger partial charge in [0.05, 0.1) is 13.2 Å². The third-order valence-electron chi connectivity index (χ3n) is 6.29. The molecule has 1 N–H and O–H groups in total. The molecule has 39 heavy (non-hydrogen) atoms. The van der Waals surface area contributed by atoms with E-state index >= 15 is 0 Å². The lowest BCUT2D eigenvalue weighted by molar-refractivity contribution is -0.143. The standard InChI is InChI=1S/C31H39N2O5P/c1-6-21-39(36,38-28-15-11-8-12-16-28)32-29(22-23(2)3)30(34)33(24(4)31(35)37-5)27-19-17-26(18-20-27)25-13-9-7-10-14-25/h7-20,23-24,29H,6,21-22H2,1-5H3,(H,32,36)/t24-,29-,39?/m0/s1. The molecule has 0 aliphatic rings. The largest absolute Gasteiger partial charge is 0.467 e. The van der Waals surface area contributed by atoms with Crippen molar-refractivity contribution in [3.63, 3.8) is 0 Å². The molecule has 8 heteroatoms. The van der Waals surface area contributed by atoms with E-state index in [1.807, 2.05) is 81.4 Å². The summed E-state index contributed by atoms with van der Waals surface area (Å²) in [5, 5.41) is 3.10. The van der Waals surface area contributed by atoms with Gasteiger partial charge in [0, 0.05) is 11.8 Å². The van der Waals surface area contributed by atoms with Crippen molar-refractivity contribution < 1.29 is 23.4 Å². The van der Waals surface area contributed by atoms with E-state index in [0.717, 1.165) is 11.1 Å². The van der Waals surface area contributed by atoms with Crippen molar-refractivity contribution in [1.29, 1.82) is 0 Å². The van der Waals surface area contributed by atoms with Crippen LogP contribution in [-0.2, 0) is 18.9 Å². The fraction of sp³-hybridized carbons (Fsp3) is 0.355. The van der Waals surface area contributed by atoms with E-state index in [2.05, 4.69) is 5.09 Å². The summed E-state index contributed by atoms with van der Waals surface area (Å²) >= 11 is 0. The number of nitrogens with zero attached hydrogens (tertiary/aromatic N) is 1. The Kier molecular flexibility index (Phi) is 10.9. The zero-order valence-corrected chi connectivity index (χ0v) is 24.3. The van der Waals surface area contributed by atoms with Gasteiger partial charge in [-0.25, -0.2) is 9.88 Å². The molecule has 0 fully saturated rings. The molecule has 0 aromatic heterocycles. The topological polar surface area (TPSA) is 84.9 Å². The Labute approximate surface area is 232 Å². The van der Waals surface area contributed by atoms with E-state index in [0.29, 0.717) is 24.3 Å². The smallest absolute Gasteiger partial charge is 0.328 e. The van der Waals surface area contributed by atoms with Crippen LogP contribution in [0, 0.1) is 5.92 Å². The van der Waals surface area contributed by atoms with E-state index in [1.165, 1.54) is 12.0 Å². The number of carbonyl (C=O) groups is 2. The highest BCUT2D eigenvalue weighted by Gasteiger charge is 2.37. The second-order valence-corrected chi connectivity index (χ2v) is 12.2. The van der Waals surface area contributed by atoms with E-state index in [-0.39, 0.29) is 18.0 Å². The Balaban J connectivity index is 1.98. The van der Waals surface area contributed by atoms with Gasteiger partial charge in [-0.3, -0.25) is 14.3 Å². The summed E-state index contributed by atoms with van der Waals surface area (Å²) in [5.41, 5.74) is 2.57. The first kappa shape index (κ1) is 30.1. The summed E-state index contributed by atoms with van der Waals surface area (Å²) in [6.45, 7) is 7.54. The number of ether oxygens (including phenoxy) is 1. The number of carbonyl (C=O) groups excluding carboxylic acids is 2. The van der Waals surface area contributed by atoms with E-state index in [1.54, 1.807) is 31.2 Å². The molecule has 208 valence electrons. The molecule has 0 aliphatic heterocycles. The molecule has 3 aromatic rings. The molecule has 0 spiro atoms. The molecule has 0 radical (unpaired) electrons. The molecule has 0 saturated heterocycles. The lowest BCUT2D eigenvalue weighted by Crippen LogP contribution is -2.52. The van der Waals surface area contributed by atoms with Crippen LogP contribution < -0.4 is 14.5 Å². The predicted octanol–water partition coefficient (Wildman–Crippen LogP) is 6.93. The number of methoxy groups -OCH3 is 1. The second kappa shape index (κ2) is 14.1. The number of esters is 1. The fourth-order valence-corrected chi connectivity index (χ4v) is 6.45. The van der Waals surface area contributed by atoms with Gasteiger partial charge in [-0.2, -0.15) is 0 Å². The van der Waals surface area contributed by atoms with E-state index in [4.69, 9.17) is 9.26 Å². The highest BCUT2D eigenvalue weighted by Crippen LogP contribution is 2.45. The average Bonchev–Trinajstić information content (AvgIpc) is 2.93. The third-order valence-corrected chi connectivity index (χ3v) is 8.54. The molecule has 3 atom stereocenters. The molecule has 3 rings (SSSR count). The van der Waals surface area contributed by atoms with Crippen LogP contribution in [0.15, 0.2) is 84.9 Å². The maximum Gasteiger partial charge on any atom is 0.328 e. The summed E-state index contributed by atoms with van der Waals surface area (Å²) in [6, 6.07) is 24.6. The minimum absolute atomic E-state index is 0.106. The normalized spacial score (nSPS) is 14.2. The molecule has 7 nitrogen and oxygen atoms in total. The Morgan fingerprint density at radius 3 is 1.97 bits per heavy atom. The Morgan fingerprint density at radius 2 is 1.44 bits per heavy atom. The third kappa shape index (κ3) is 8.29. The molecule has 1 unspecified atom stereocenters. The molecular weight excluding hydrogens is 511 g/mol. The van der Waals surface area contributed by atoms with Crippen LogP contribution in [0.2, 0.25) is 0 Å². The van der Waals surface area contributed by atoms with Gasteiger partial charge < -0.3 is 9.26 Å². The van der Waals surface area contributed by atoms with Crippen molar-refractivity contribution in [3.05, 3.63) is 84.9 Å². The quantitative estimate of drug-likeness (QED) is 0.183. The maximum absolute atomic E-state index is 14.2. The van der Waals surface area contributed by atoms with Crippen LogP contribution in [0.5, 0.6) is 5.75 Å². The monoisotopic (exact) mass is 550 g/mol. The predicted molar refractivity (Wildman–Crippen MR) is 157 cm³/mol. The van der Waals surface area contributed by atoms with Gasteiger partial charge in [0.25, 0.3) is 0 Å². The van der Waals surface area contributed by atoms with Crippen molar-refractivity contribution in [1.82, 2.24) is 5.09 Å². The maximum atomic E-state index is 14.2. The SMILES string of the molecule is CCCP(=O)(N[C@@H](CC(C)C)C(=O)N(c1ccc(-c2ccccc2)cc1)[C@@H](C)C(=O)OC)Oc1ccccc1. The van der Waals surface area contributed by atoms with Gasteiger partial charge >= 0.3 is 13.5 Å². The lowest BCUT2D eigenvalue weighted by Gasteiger charge is -2.34. The number of rotatable bonds is 13. The van der Waals surface area contributed by atoms with E-state index in [9.17, 15) is 14.2 Å². The van der Waals surface area contributed by atoms with Gasteiger partial charge in [0.15, 0.2) is 0 Å². The van der Waals surface area contributed by atoms with E-state index < -0.39 is 25.6 Å². The number of hydrogen-bond donors (Lipinski definition) is 1. The second-order valence-electron chi connectivity index (χ2n) is 9.93. The summed E-state index contributed by atoms with van der Waals surface area (Å²) in [7, 11) is -2.16. The Bertz CT molecular complexity index is 1250. The average molecular weight is 551 g/mol. The number of amides is 1. The zero-order chi connectivity index (χ0) is 28.4. The summed E-state index contributed by atoms with van der Waals surface area (Å²) in [4.78, 5) is 28.3. The lowest BCUT2D eigenvalue weighted by atomic mass is 10.0. The first-order valence-electron chi connectivity index (χ1n) is 13.3. The summed E-state index contributed by atoms with van der Waals surface area (Å²) in [6.07, 6.45) is 1.25. The van der Waals surface area contributed by atoms with Crippen molar-refractivity contribution in [3.8, 4) is 16.9 Å². The van der Waals surface area contributed by atoms with Crippen LogP contribution in [0.3, 0.4) is 0 Å². The molecule has 0 saturated carbocycles. The van der Waals surface area contributed by atoms with Crippen molar-refractivity contribution in [2.24, 2.45) is 5.92 Å².